The van der Waals surface area contributed by atoms with Crippen molar-refractivity contribution in [2.75, 3.05) is 7.05 Å². The van der Waals surface area contributed by atoms with Crippen LogP contribution < -0.4 is 10.6 Å². The Kier molecular flexibility index (Phi) is 3.86. The van der Waals surface area contributed by atoms with E-state index in [1.54, 1.807) is 18.4 Å². The number of carbonyl (C=O) groups is 2. The summed E-state index contributed by atoms with van der Waals surface area (Å²) in [6.45, 7) is 1.42. The van der Waals surface area contributed by atoms with Gasteiger partial charge in [0.25, 0.3) is 0 Å². The van der Waals surface area contributed by atoms with Crippen molar-refractivity contribution in [3.05, 3.63) is 21.9 Å². The minimum absolute atomic E-state index is 0.00184. The summed E-state index contributed by atoms with van der Waals surface area (Å²) in [6.07, 6.45) is 1.34. The molecule has 2 amide bonds. The number of hydrogen-bond acceptors (Lipinski definition) is 4. The molecule has 0 aliphatic heterocycles. The molecule has 0 bridgehead atoms. The zero-order valence-electron chi connectivity index (χ0n) is 10.4. The van der Waals surface area contributed by atoms with Crippen LogP contribution in [0.15, 0.2) is 11.4 Å². The van der Waals surface area contributed by atoms with Crippen LogP contribution in [0.4, 0.5) is 4.79 Å². The number of thiophene rings is 1. The van der Waals surface area contributed by atoms with Crippen molar-refractivity contribution < 1.29 is 14.3 Å². The second kappa shape index (κ2) is 5.39. The number of esters is 1. The molecule has 1 aliphatic rings. The first-order valence-corrected chi connectivity index (χ1v) is 6.72. The summed E-state index contributed by atoms with van der Waals surface area (Å²) in [5.74, 6) is -0.267. The van der Waals surface area contributed by atoms with Gasteiger partial charge in [-0.3, -0.25) is 4.79 Å². The Morgan fingerprint density at radius 1 is 1.44 bits per heavy atom. The number of rotatable bonds is 2. The maximum absolute atomic E-state index is 11.4. The quantitative estimate of drug-likeness (QED) is 0.807. The number of amides is 2. The van der Waals surface area contributed by atoms with Gasteiger partial charge in [-0.1, -0.05) is 0 Å². The van der Waals surface area contributed by atoms with Crippen molar-refractivity contribution in [2.24, 2.45) is 0 Å². The molecule has 0 radical (unpaired) electrons. The molecule has 2 N–H and O–H groups in total. The summed E-state index contributed by atoms with van der Waals surface area (Å²) < 4.78 is 5.30. The molecule has 6 heteroatoms. The van der Waals surface area contributed by atoms with Crippen molar-refractivity contribution in [3.8, 4) is 0 Å². The molecular weight excluding hydrogens is 252 g/mol. The standard InChI is InChI=1S/C12H16N2O3S/c1-7(15)17-10-4-3-9(14-12(16)13-2)8-5-6-18-11(8)10/h5-6,9-10H,3-4H2,1-2H3,(H2,13,14,16). The molecule has 0 fully saturated rings. The largest absolute Gasteiger partial charge is 0.457 e. The summed E-state index contributed by atoms with van der Waals surface area (Å²) in [7, 11) is 1.59. The van der Waals surface area contributed by atoms with Crippen LogP contribution >= 0.6 is 11.3 Å². The molecule has 1 aromatic rings. The van der Waals surface area contributed by atoms with E-state index in [1.165, 1.54) is 6.92 Å². The summed E-state index contributed by atoms with van der Waals surface area (Å²) in [5, 5.41) is 7.41. The van der Waals surface area contributed by atoms with Crippen LogP contribution in [0.5, 0.6) is 0 Å². The van der Waals surface area contributed by atoms with Gasteiger partial charge in [-0.15, -0.1) is 11.3 Å². The Hall–Kier alpha value is -1.56. The first-order chi connectivity index (χ1) is 8.61. The Balaban J connectivity index is 2.15. The first kappa shape index (κ1) is 12.9. The van der Waals surface area contributed by atoms with Gasteiger partial charge < -0.3 is 15.4 Å². The molecule has 2 unspecified atom stereocenters. The SMILES string of the molecule is CNC(=O)NC1CCC(OC(C)=O)c2sccc21. The van der Waals surface area contributed by atoms with Crippen molar-refractivity contribution >= 4 is 23.3 Å². The zero-order valence-corrected chi connectivity index (χ0v) is 11.2. The van der Waals surface area contributed by atoms with E-state index in [1.807, 2.05) is 11.4 Å². The number of ether oxygens (including phenoxy) is 1. The molecule has 0 aromatic carbocycles. The lowest BCUT2D eigenvalue weighted by Crippen LogP contribution is -2.37. The van der Waals surface area contributed by atoms with Crippen LogP contribution in [-0.4, -0.2) is 19.0 Å². The van der Waals surface area contributed by atoms with E-state index < -0.39 is 0 Å². The molecule has 0 saturated heterocycles. The molecule has 2 atom stereocenters. The summed E-state index contributed by atoms with van der Waals surface area (Å²) in [6, 6.07) is 1.79. The van der Waals surface area contributed by atoms with E-state index in [2.05, 4.69) is 10.6 Å². The monoisotopic (exact) mass is 268 g/mol. The average Bonchev–Trinajstić information content (AvgIpc) is 2.81. The number of fused-ring (bicyclic) bond motifs is 1. The fourth-order valence-electron chi connectivity index (χ4n) is 2.18. The summed E-state index contributed by atoms with van der Waals surface area (Å²) in [4.78, 5) is 23.5. The Labute approximate surface area is 110 Å². The molecule has 1 heterocycles. The maximum Gasteiger partial charge on any atom is 0.315 e. The van der Waals surface area contributed by atoms with E-state index in [4.69, 9.17) is 4.74 Å². The van der Waals surface area contributed by atoms with Crippen LogP contribution in [0, 0.1) is 0 Å². The van der Waals surface area contributed by atoms with E-state index >= 15 is 0 Å². The normalized spacial score (nSPS) is 21.9. The van der Waals surface area contributed by atoms with E-state index in [0.717, 1.165) is 23.3 Å². The molecule has 0 saturated carbocycles. The highest BCUT2D eigenvalue weighted by Gasteiger charge is 2.30. The van der Waals surface area contributed by atoms with Crippen molar-refractivity contribution in [2.45, 2.75) is 31.9 Å². The minimum Gasteiger partial charge on any atom is -0.457 e. The second-order valence-electron chi connectivity index (χ2n) is 4.19. The van der Waals surface area contributed by atoms with Crippen LogP contribution in [0.1, 0.15) is 42.4 Å². The van der Waals surface area contributed by atoms with E-state index in [0.29, 0.717) is 0 Å². The average molecular weight is 268 g/mol. The molecular formula is C12H16N2O3S. The van der Waals surface area contributed by atoms with Gasteiger partial charge >= 0.3 is 12.0 Å². The molecule has 2 rings (SSSR count). The van der Waals surface area contributed by atoms with Crippen molar-refractivity contribution in [3.63, 3.8) is 0 Å². The molecule has 18 heavy (non-hydrogen) atoms. The number of urea groups is 1. The number of nitrogens with one attached hydrogen (secondary N) is 2. The third kappa shape index (κ3) is 2.64. The Bertz CT molecular complexity index is 458. The topological polar surface area (TPSA) is 67.4 Å². The third-order valence-electron chi connectivity index (χ3n) is 2.95. The molecule has 98 valence electrons. The first-order valence-electron chi connectivity index (χ1n) is 5.84. The van der Waals surface area contributed by atoms with Gasteiger partial charge in [0.05, 0.1) is 10.9 Å². The maximum atomic E-state index is 11.4. The van der Waals surface area contributed by atoms with E-state index in [9.17, 15) is 9.59 Å². The molecule has 0 spiro atoms. The van der Waals surface area contributed by atoms with Gasteiger partial charge in [0.1, 0.15) is 6.10 Å². The summed E-state index contributed by atoms with van der Waals surface area (Å²) in [5.41, 5.74) is 1.06. The highest BCUT2D eigenvalue weighted by molar-refractivity contribution is 7.10. The minimum atomic E-state index is -0.267. The smallest absolute Gasteiger partial charge is 0.315 e. The van der Waals surface area contributed by atoms with Gasteiger partial charge in [-0.25, -0.2) is 4.79 Å². The van der Waals surface area contributed by atoms with Crippen molar-refractivity contribution in [1.82, 2.24) is 10.6 Å². The van der Waals surface area contributed by atoms with Crippen LogP contribution in [0.25, 0.3) is 0 Å². The number of hydrogen-bond donors (Lipinski definition) is 2. The predicted molar refractivity (Wildman–Crippen MR) is 68.4 cm³/mol. The van der Waals surface area contributed by atoms with Gasteiger partial charge in [0.15, 0.2) is 0 Å². The lowest BCUT2D eigenvalue weighted by Gasteiger charge is -2.28. The van der Waals surface area contributed by atoms with Crippen LogP contribution in [0.2, 0.25) is 0 Å². The second-order valence-corrected chi connectivity index (χ2v) is 5.14. The molecule has 5 nitrogen and oxygen atoms in total. The van der Waals surface area contributed by atoms with Crippen molar-refractivity contribution in [1.29, 1.82) is 0 Å². The fourth-order valence-corrected chi connectivity index (χ4v) is 3.20. The van der Waals surface area contributed by atoms with E-state index in [-0.39, 0.29) is 24.1 Å². The highest BCUT2D eigenvalue weighted by Crippen LogP contribution is 2.41. The summed E-state index contributed by atoms with van der Waals surface area (Å²) >= 11 is 1.56. The van der Waals surface area contributed by atoms with Gasteiger partial charge in [-0.2, -0.15) is 0 Å². The molecule has 1 aliphatic carbocycles. The zero-order chi connectivity index (χ0) is 13.1. The lowest BCUT2D eigenvalue weighted by molar-refractivity contribution is -0.147. The highest BCUT2D eigenvalue weighted by atomic mass is 32.1. The Morgan fingerprint density at radius 2 is 2.22 bits per heavy atom. The van der Waals surface area contributed by atoms with Gasteiger partial charge in [0, 0.05) is 14.0 Å². The third-order valence-corrected chi connectivity index (χ3v) is 3.98. The van der Waals surface area contributed by atoms with Crippen LogP contribution in [-0.2, 0) is 9.53 Å². The van der Waals surface area contributed by atoms with Crippen LogP contribution in [0.3, 0.4) is 0 Å². The van der Waals surface area contributed by atoms with Gasteiger partial charge in [-0.05, 0) is 29.9 Å². The van der Waals surface area contributed by atoms with Gasteiger partial charge in [0.2, 0.25) is 0 Å². The number of carbonyl (C=O) groups excluding carboxylic acids is 2. The Morgan fingerprint density at radius 3 is 2.89 bits per heavy atom. The predicted octanol–water partition coefficient (Wildman–Crippen LogP) is 2.12. The fraction of sp³-hybridized carbons (Fsp3) is 0.500. The lowest BCUT2D eigenvalue weighted by atomic mass is 9.92. The molecule has 1 aromatic heterocycles.